The van der Waals surface area contributed by atoms with Crippen molar-refractivity contribution in [1.82, 2.24) is 0 Å². The summed E-state index contributed by atoms with van der Waals surface area (Å²) < 4.78 is 6.00. The van der Waals surface area contributed by atoms with E-state index in [-0.39, 0.29) is 17.6 Å². The SMILES string of the molecule is O=C(OC(C(=O)Nc1ccc([N+](=O)[O-])cc1Br)c1ccccc1)C1CCCCC1. The number of nitro groups is 1. The molecule has 8 heteroatoms. The number of carbonyl (C=O) groups excluding carboxylic acids is 2. The number of rotatable bonds is 6. The van der Waals surface area contributed by atoms with Gasteiger partial charge in [-0.1, -0.05) is 49.6 Å². The third-order valence-corrected chi connectivity index (χ3v) is 5.59. The van der Waals surface area contributed by atoms with Crippen molar-refractivity contribution in [2.24, 2.45) is 5.92 Å². The Labute approximate surface area is 176 Å². The highest BCUT2D eigenvalue weighted by molar-refractivity contribution is 9.10. The molecule has 29 heavy (non-hydrogen) atoms. The van der Waals surface area contributed by atoms with Gasteiger partial charge >= 0.3 is 5.97 Å². The summed E-state index contributed by atoms with van der Waals surface area (Å²) in [7, 11) is 0. The summed E-state index contributed by atoms with van der Waals surface area (Å²) in [6.45, 7) is 0. The van der Waals surface area contributed by atoms with Crippen LogP contribution in [-0.2, 0) is 14.3 Å². The number of ether oxygens (including phenoxy) is 1. The summed E-state index contributed by atoms with van der Waals surface area (Å²) in [5.41, 5.74) is 0.820. The number of amides is 1. The summed E-state index contributed by atoms with van der Waals surface area (Å²) >= 11 is 3.24. The lowest BCUT2D eigenvalue weighted by Crippen LogP contribution is -2.29. The number of hydrogen-bond donors (Lipinski definition) is 1. The third kappa shape index (κ3) is 5.41. The standard InChI is InChI=1S/C21H21BrN2O5/c22-17-13-16(24(27)28)11-12-18(17)23-20(25)19(14-7-3-1-4-8-14)29-21(26)15-9-5-2-6-10-15/h1,3-4,7-8,11-13,15,19H,2,5-6,9-10H2,(H,23,25). The normalized spacial score (nSPS) is 15.3. The average molecular weight is 461 g/mol. The van der Waals surface area contributed by atoms with Crippen molar-refractivity contribution in [2.75, 3.05) is 5.32 Å². The molecule has 1 amide bonds. The maximum Gasteiger partial charge on any atom is 0.310 e. The van der Waals surface area contributed by atoms with E-state index in [2.05, 4.69) is 21.2 Å². The number of nitro benzene ring substituents is 1. The molecule has 1 saturated carbocycles. The number of benzene rings is 2. The van der Waals surface area contributed by atoms with Crippen molar-refractivity contribution in [2.45, 2.75) is 38.2 Å². The lowest BCUT2D eigenvalue weighted by molar-refractivity contribution is -0.384. The fourth-order valence-corrected chi connectivity index (χ4v) is 3.83. The molecule has 152 valence electrons. The predicted octanol–water partition coefficient (Wildman–Crippen LogP) is 5.16. The summed E-state index contributed by atoms with van der Waals surface area (Å²) in [5.74, 6) is -1.07. The van der Waals surface area contributed by atoms with Gasteiger partial charge in [0.25, 0.3) is 11.6 Å². The molecular weight excluding hydrogens is 440 g/mol. The van der Waals surface area contributed by atoms with Crippen molar-refractivity contribution in [3.8, 4) is 0 Å². The second-order valence-electron chi connectivity index (χ2n) is 6.97. The van der Waals surface area contributed by atoms with Crippen molar-refractivity contribution >= 4 is 39.2 Å². The van der Waals surface area contributed by atoms with E-state index in [0.717, 1.165) is 32.1 Å². The number of hydrogen-bond acceptors (Lipinski definition) is 5. The molecule has 2 aromatic rings. The lowest BCUT2D eigenvalue weighted by atomic mass is 9.89. The molecule has 0 spiro atoms. The summed E-state index contributed by atoms with van der Waals surface area (Å²) in [4.78, 5) is 36.0. The zero-order valence-corrected chi connectivity index (χ0v) is 17.3. The molecule has 1 unspecified atom stereocenters. The lowest BCUT2D eigenvalue weighted by Gasteiger charge is -2.24. The number of non-ortho nitro benzene ring substituents is 1. The monoisotopic (exact) mass is 460 g/mol. The maximum atomic E-state index is 13.0. The Kier molecular flexibility index (Phi) is 6.98. The van der Waals surface area contributed by atoms with Crippen molar-refractivity contribution < 1.29 is 19.2 Å². The Morgan fingerprint density at radius 3 is 2.41 bits per heavy atom. The summed E-state index contributed by atoms with van der Waals surface area (Å²) in [5, 5.41) is 13.6. The zero-order valence-electron chi connectivity index (χ0n) is 15.7. The fraction of sp³-hybridized carbons (Fsp3) is 0.333. The van der Waals surface area contributed by atoms with Gasteiger partial charge in [-0.25, -0.2) is 0 Å². The Hall–Kier alpha value is -2.74. The van der Waals surface area contributed by atoms with Crippen LogP contribution in [0.15, 0.2) is 53.0 Å². The minimum atomic E-state index is -1.10. The van der Waals surface area contributed by atoms with Gasteiger partial charge in [-0.2, -0.15) is 0 Å². The maximum absolute atomic E-state index is 13.0. The predicted molar refractivity (Wildman–Crippen MR) is 111 cm³/mol. The van der Waals surface area contributed by atoms with Gasteiger partial charge in [0.15, 0.2) is 0 Å². The van der Waals surface area contributed by atoms with Crippen LogP contribution in [0.2, 0.25) is 0 Å². The molecule has 0 aromatic heterocycles. The topological polar surface area (TPSA) is 98.5 Å². The van der Waals surface area contributed by atoms with Crippen LogP contribution in [0.4, 0.5) is 11.4 Å². The molecule has 1 fully saturated rings. The molecule has 1 N–H and O–H groups in total. The van der Waals surface area contributed by atoms with Crippen LogP contribution >= 0.6 is 15.9 Å². The molecule has 0 bridgehead atoms. The smallest absolute Gasteiger partial charge is 0.310 e. The number of nitrogens with one attached hydrogen (secondary N) is 1. The number of carbonyl (C=O) groups is 2. The highest BCUT2D eigenvalue weighted by Gasteiger charge is 2.30. The molecular formula is C21H21BrN2O5. The summed E-state index contributed by atoms with van der Waals surface area (Å²) in [6.07, 6.45) is 3.52. The van der Waals surface area contributed by atoms with E-state index in [1.807, 2.05) is 6.07 Å². The van der Waals surface area contributed by atoms with Crippen LogP contribution in [0.5, 0.6) is 0 Å². The van der Waals surface area contributed by atoms with Gasteiger partial charge in [0.05, 0.1) is 16.5 Å². The first kappa shape index (κ1) is 21.0. The van der Waals surface area contributed by atoms with Crippen LogP contribution in [-0.4, -0.2) is 16.8 Å². The fourth-order valence-electron chi connectivity index (χ4n) is 3.37. The second-order valence-corrected chi connectivity index (χ2v) is 7.83. The molecule has 1 aliphatic carbocycles. The van der Waals surface area contributed by atoms with Gasteiger partial charge in [-0.3, -0.25) is 19.7 Å². The Balaban J connectivity index is 1.79. The van der Waals surface area contributed by atoms with E-state index in [9.17, 15) is 19.7 Å². The van der Waals surface area contributed by atoms with Gasteiger partial charge in [0, 0.05) is 22.2 Å². The van der Waals surface area contributed by atoms with E-state index in [4.69, 9.17) is 4.74 Å². The number of halogens is 1. The van der Waals surface area contributed by atoms with Gasteiger partial charge < -0.3 is 10.1 Å². The quantitative estimate of drug-likeness (QED) is 0.364. The first-order chi connectivity index (χ1) is 14.0. The Morgan fingerprint density at radius 2 is 1.79 bits per heavy atom. The number of anilines is 1. The van der Waals surface area contributed by atoms with E-state index in [1.54, 1.807) is 24.3 Å². The molecule has 7 nitrogen and oxygen atoms in total. The second kappa shape index (κ2) is 9.65. The third-order valence-electron chi connectivity index (χ3n) is 4.93. The van der Waals surface area contributed by atoms with Crippen LogP contribution in [0, 0.1) is 16.0 Å². The van der Waals surface area contributed by atoms with Crippen molar-refractivity contribution in [1.29, 1.82) is 0 Å². The van der Waals surface area contributed by atoms with Crippen LogP contribution < -0.4 is 5.32 Å². The highest BCUT2D eigenvalue weighted by atomic mass is 79.9. The molecule has 0 heterocycles. The zero-order chi connectivity index (χ0) is 20.8. The molecule has 2 aromatic carbocycles. The summed E-state index contributed by atoms with van der Waals surface area (Å²) in [6, 6.07) is 12.8. The van der Waals surface area contributed by atoms with E-state index in [0.29, 0.717) is 15.7 Å². The first-order valence-corrected chi connectivity index (χ1v) is 10.3. The Morgan fingerprint density at radius 1 is 1.10 bits per heavy atom. The van der Waals surface area contributed by atoms with Gasteiger partial charge in [-0.05, 0) is 34.8 Å². The minimum absolute atomic E-state index is 0.0989. The van der Waals surface area contributed by atoms with Crippen molar-refractivity contribution in [3.05, 3.63) is 68.7 Å². The van der Waals surface area contributed by atoms with Gasteiger partial charge in [-0.15, -0.1) is 0 Å². The minimum Gasteiger partial charge on any atom is -0.447 e. The largest absolute Gasteiger partial charge is 0.447 e. The van der Waals surface area contributed by atoms with Crippen molar-refractivity contribution in [3.63, 3.8) is 0 Å². The van der Waals surface area contributed by atoms with Gasteiger partial charge in [0.1, 0.15) is 0 Å². The molecule has 0 saturated heterocycles. The van der Waals surface area contributed by atoms with Crippen LogP contribution in [0.25, 0.3) is 0 Å². The molecule has 0 radical (unpaired) electrons. The molecule has 0 aliphatic heterocycles. The number of esters is 1. The van der Waals surface area contributed by atoms with Gasteiger partial charge in [0.2, 0.25) is 6.10 Å². The highest BCUT2D eigenvalue weighted by Crippen LogP contribution is 2.30. The van der Waals surface area contributed by atoms with E-state index >= 15 is 0 Å². The molecule has 1 aliphatic rings. The molecule has 1 atom stereocenters. The van der Waals surface area contributed by atoms with Crippen LogP contribution in [0.3, 0.4) is 0 Å². The van der Waals surface area contributed by atoms with Crippen LogP contribution in [0.1, 0.15) is 43.8 Å². The molecule has 3 rings (SSSR count). The van der Waals surface area contributed by atoms with E-state index < -0.39 is 16.9 Å². The Bertz CT molecular complexity index is 897. The number of nitrogens with zero attached hydrogens (tertiary/aromatic N) is 1. The first-order valence-electron chi connectivity index (χ1n) is 9.46. The van der Waals surface area contributed by atoms with E-state index in [1.165, 1.54) is 18.2 Å². The average Bonchev–Trinajstić information content (AvgIpc) is 2.74.